The zero-order valence-electron chi connectivity index (χ0n) is 12.7. The number of carbonyl (C=O) groups is 2. The van der Waals surface area contributed by atoms with Crippen molar-refractivity contribution in [1.29, 1.82) is 0 Å². The Morgan fingerprint density at radius 2 is 1.96 bits per heavy atom. The Morgan fingerprint density at radius 1 is 1.17 bits per heavy atom. The predicted octanol–water partition coefficient (Wildman–Crippen LogP) is 2.59. The van der Waals surface area contributed by atoms with Crippen molar-refractivity contribution in [1.82, 2.24) is 10.2 Å². The van der Waals surface area contributed by atoms with Gasteiger partial charge in [0.1, 0.15) is 0 Å². The van der Waals surface area contributed by atoms with E-state index in [9.17, 15) is 9.59 Å². The molecule has 122 valence electrons. The number of amides is 2. The summed E-state index contributed by atoms with van der Waals surface area (Å²) in [5.74, 6) is -0.308. The monoisotopic (exact) mass is 351 g/mol. The summed E-state index contributed by atoms with van der Waals surface area (Å²) in [7, 11) is 1.72. The van der Waals surface area contributed by atoms with Gasteiger partial charge in [-0.05, 0) is 36.7 Å². The van der Waals surface area contributed by atoms with Crippen molar-refractivity contribution in [3.05, 3.63) is 51.7 Å². The minimum atomic E-state index is -0.194. The summed E-state index contributed by atoms with van der Waals surface area (Å²) in [6, 6.07) is 10.8. The topological polar surface area (TPSA) is 61.4 Å². The van der Waals surface area contributed by atoms with Gasteiger partial charge >= 0.3 is 0 Å². The highest BCUT2D eigenvalue weighted by Crippen LogP contribution is 2.14. The lowest BCUT2D eigenvalue weighted by molar-refractivity contribution is -0.123. The van der Waals surface area contributed by atoms with Crippen molar-refractivity contribution in [2.75, 3.05) is 25.5 Å². The fourth-order valence-electron chi connectivity index (χ4n) is 1.97. The molecule has 0 saturated heterocycles. The van der Waals surface area contributed by atoms with Crippen LogP contribution in [0.1, 0.15) is 4.88 Å². The fraction of sp³-hybridized carbons (Fsp3) is 0.250. The summed E-state index contributed by atoms with van der Waals surface area (Å²) >= 11 is 7.46. The lowest BCUT2D eigenvalue weighted by Gasteiger charge is -2.16. The summed E-state index contributed by atoms with van der Waals surface area (Å²) < 4.78 is 0. The predicted molar refractivity (Wildman–Crippen MR) is 93.7 cm³/mol. The van der Waals surface area contributed by atoms with E-state index in [4.69, 9.17) is 11.6 Å². The smallest absolute Gasteiger partial charge is 0.238 e. The van der Waals surface area contributed by atoms with Gasteiger partial charge in [-0.25, -0.2) is 0 Å². The van der Waals surface area contributed by atoms with Crippen LogP contribution in [0.5, 0.6) is 0 Å². The Morgan fingerprint density at radius 3 is 2.65 bits per heavy atom. The van der Waals surface area contributed by atoms with Crippen LogP contribution in [0.4, 0.5) is 5.69 Å². The molecule has 1 aromatic carbocycles. The third-order valence-corrected chi connectivity index (χ3v) is 4.09. The van der Waals surface area contributed by atoms with Gasteiger partial charge in [0.15, 0.2) is 0 Å². The molecule has 0 fully saturated rings. The molecular weight excluding hydrogens is 334 g/mol. The summed E-state index contributed by atoms with van der Waals surface area (Å²) in [5, 5.41) is 8.10. The number of likely N-dealkylation sites (N-methyl/N-ethyl adjacent to an activating group) is 1. The van der Waals surface area contributed by atoms with E-state index in [1.54, 1.807) is 47.5 Å². The maximum atomic E-state index is 11.9. The van der Waals surface area contributed by atoms with Crippen LogP contribution in [0.15, 0.2) is 41.8 Å². The minimum Gasteiger partial charge on any atom is -0.350 e. The molecule has 0 atom stereocenters. The van der Waals surface area contributed by atoms with Crippen molar-refractivity contribution in [2.24, 2.45) is 0 Å². The summed E-state index contributed by atoms with van der Waals surface area (Å²) in [5.41, 5.74) is 0.637. The van der Waals surface area contributed by atoms with E-state index in [0.29, 0.717) is 17.3 Å². The summed E-state index contributed by atoms with van der Waals surface area (Å²) in [6.07, 6.45) is 0. The van der Waals surface area contributed by atoms with Crippen molar-refractivity contribution in [3.8, 4) is 0 Å². The van der Waals surface area contributed by atoms with Crippen LogP contribution in [0.2, 0.25) is 5.02 Å². The molecule has 2 N–H and O–H groups in total. The molecular formula is C16H18ClN3O2S. The third kappa shape index (κ3) is 6.40. The van der Waals surface area contributed by atoms with Crippen molar-refractivity contribution in [3.63, 3.8) is 0 Å². The highest BCUT2D eigenvalue weighted by molar-refractivity contribution is 7.09. The number of nitrogens with one attached hydrogen (secondary N) is 2. The normalized spacial score (nSPS) is 10.6. The molecule has 0 bridgehead atoms. The molecule has 1 heterocycles. The molecule has 0 saturated carbocycles. The number of benzene rings is 1. The number of halogens is 1. The number of hydrogen-bond donors (Lipinski definition) is 2. The Labute approximate surface area is 144 Å². The second kappa shape index (κ2) is 8.67. The zero-order chi connectivity index (χ0) is 16.7. The number of rotatable bonds is 7. The van der Waals surface area contributed by atoms with Gasteiger partial charge in [0.25, 0.3) is 0 Å². The van der Waals surface area contributed by atoms with Crippen molar-refractivity contribution >= 4 is 40.4 Å². The van der Waals surface area contributed by atoms with Gasteiger partial charge in [0.05, 0.1) is 19.6 Å². The summed E-state index contributed by atoms with van der Waals surface area (Å²) in [4.78, 5) is 26.5. The van der Waals surface area contributed by atoms with Crippen LogP contribution < -0.4 is 10.6 Å². The standard InChI is InChI=1S/C16H18ClN3O2S/c1-20(10-15(21)18-9-14-6-3-7-23-14)11-16(22)19-13-5-2-4-12(17)8-13/h2-8H,9-11H2,1H3,(H,18,21)(H,19,22). The van der Waals surface area contributed by atoms with Gasteiger partial charge in [-0.15, -0.1) is 11.3 Å². The lowest BCUT2D eigenvalue weighted by Crippen LogP contribution is -2.38. The van der Waals surface area contributed by atoms with Gasteiger partial charge in [-0.2, -0.15) is 0 Å². The van der Waals surface area contributed by atoms with Gasteiger partial charge in [0.2, 0.25) is 11.8 Å². The van der Waals surface area contributed by atoms with Crippen LogP contribution in [0, 0.1) is 0 Å². The van der Waals surface area contributed by atoms with E-state index >= 15 is 0 Å². The maximum absolute atomic E-state index is 11.9. The third-order valence-electron chi connectivity index (χ3n) is 2.98. The highest BCUT2D eigenvalue weighted by Gasteiger charge is 2.11. The molecule has 23 heavy (non-hydrogen) atoms. The fourth-order valence-corrected chi connectivity index (χ4v) is 2.80. The first-order valence-corrected chi connectivity index (χ1v) is 8.32. The molecule has 7 heteroatoms. The van der Waals surface area contributed by atoms with Crippen LogP contribution in [-0.4, -0.2) is 36.9 Å². The average Bonchev–Trinajstić information content (AvgIpc) is 2.98. The van der Waals surface area contributed by atoms with Crippen LogP contribution >= 0.6 is 22.9 Å². The zero-order valence-corrected chi connectivity index (χ0v) is 14.3. The molecule has 2 rings (SSSR count). The Balaban J connectivity index is 1.71. The first-order valence-electron chi connectivity index (χ1n) is 7.06. The quantitative estimate of drug-likeness (QED) is 0.806. The number of anilines is 1. The first-order chi connectivity index (χ1) is 11.0. The Bertz CT molecular complexity index is 661. The molecule has 0 aliphatic heterocycles. The van der Waals surface area contributed by atoms with Gasteiger partial charge in [-0.3, -0.25) is 14.5 Å². The molecule has 0 aliphatic carbocycles. The van der Waals surface area contributed by atoms with Crippen LogP contribution in [0.25, 0.3) is 0 Å². The lowest BCUT2D eigenvalue weighted by atomic mass is 10.3. The van der Waals surface area contributed by atoms with Crippen molar-refractivity contribution in [2.45, 2.75) is 6.54 Å². The van der Waals surface area contributed by atoms with Gasteiger partial charge in [0, 0.05) is 15.6 Å². The molecule has 1 aromatic heterocycles. The molecule has 2 amide bonds. The largest absolute Gasteiger partial charge is 0.350 e. The van der Waals surface area contributed by atoms with Gasteiger partial charge < -0.3 is 10.6 Å². The van der Waals surface area contributed by atoms with E-state index in [2.05, 4.69) is 10.6 Å². The van der Waals surface area contributed by atoms with E-state index in [1.165, 1.54) is 0 Å². The minimum absolute atomic E-state index is 0.114. The van der Waals surface area contributed by atoms with Crippen LogP contribution in [0.3, 0.4) is 0 Å². The van der Waals surface area contributed by atoms with Crippen molar-refractivity contribution < 1.29 is 9.59 Å². The Kier molecular flexibility index (Phi) is 6.58. The van der Waals surface area contributed by atoms with Crippen LogP contribution in [-0.2, 0) is 16.1 Å². The van der Waals surface area contributed by atoms with E-state index in [-0.39, 0.29) is 24.9 Å². The SMILES string of the molecule is CN(CC(=O)NCc1cccs1)CC(=O)Nc1cccc(Cl)c1. The van der Waals surface area contributed by atoms with E-state index in [1.807, 2.05) is 17.5 Å². The van der Waals surface area contributed by atoms with Gasteiger partial charge in [-0.1, -0.05) is 23.7 Å². The second-order valence-electron chi connectivity index (χ2n) is 5.09. The van der Waals surface area contributed by atoms with E-state index < -0.39 is 0 Å². The number of carbonyl (C=O) groups excluding carboxylic acids is 2. The highest BCUT2D eigenvalue weighted by atomic mass is 35.5. The molecule has 5 nitrogen and oxygen atoms in total. The Hall–Kier alpha value is -1.89. The average molecular weight is 352 g/mol. The molecule has 0 aliphatic rings. The number of thiophene rings is 1. The maximum Gasteiger partial charge on any atom is 0.238 e. The second-order valence-corrected chi connectivity index (χ2v) is 6.56. The molecule has 0 unspecified atom stereocenters. The molecule has 0 spiro atoms. The number of nitrogens with zero attached hydrogens (tertiary/aromatic N) is 1. The summed E-state index contributed by atoms with van der Waals surface area (Å²) in [6.45, 7) is 0.798. The first kappa shape index (κ1) is 17.5. The number of hydrogen-bond acceptors (Lipinski definition) is 4. The molecule has 2 aromatic rings. The van der Waals surface area contributed by atoms with E-state index in [0.717, 1.165) is 4.88 Å². The molecule has 0 radical (unpaired) electrons.